The van der Waals surface area contributed by atoms with Gasteiger partial charge in [0, 0.05) is 17.0 Å². The maximum absolute atomic E-state index is 6.21. The minimum atomic E-state index is 0.515. The van der Waals surface area contributed by atoms with E-state index in [4.69, 9.17) is 33.2 Å². The third kappa shape index (κ3) is 2.89. The average Bonchev–Trinajstić information content (AvgIpc) is 3.46. The number of halogens is 2. The van der Waals surface area contributed by atoms with Gasteiger partial charge >= 0.3 is 0 Å². The van der Waals surface area contributed by atoms with Gasteiger partial charge in [0.05, 0.1) is 15.6 Å². The van der Waals surface area contributed by atoms with Crippen LogP contribution in [0.5, 0.6) is 0 Å². The zero-order valence-electron chi connectivity index (χ0n) is 15.8. The molecular formula is C23H20Cl2N4. The van der Waals surface area contributed by atoms with Gasteiger partial charge in [0.25, 0.3) is 0 Å². The molecule has 6 heteroatoms. The predicted molar refractivity (Wildman–Crippen MR) is 119 cm³/mol. The molecule has 4 nitrogen and oxygen atoms in total. The summed E-state index contributed by atoms with van der Waals surface area (Å²) in [6, 6.07) is 13.7. The third-order valence-corrected chi connectivity index (χ3v) is 7.36. The molecule has 2 N–H and O–H groups in total. The van der Waals surface area contributed by atoms with Crippen molar-refractivity contribution in [1.29, 1.82) is 0 Å². The van der Waals surface area contributed by atoms with Gasteiger partial charge in [-0.1, -0.05) is 47.8 Å². The second-order valence-electron chi connectivity index (χ2n) is 8.36. The number of nitrogens with zero attached hydrogens (tertiary/aromatic N) is 2. The highest BCUT2D eigenvalue weighted by Gasteiger charge is 2.41. The van der Waals surface area contributed by atoms with Crippen LogP contribution in [-0.4, -0.2) is 15.0 Å². The molecule has 0 unspecified atom stereocenters. The summed E-state index contributed by atoms with van der Waals surface area (Å²) in [6.45, 7) is 0. The Morgan fingerprint density at radius 1 is 0.966 bits per heavy atom. The number of pyridine rings is 1. The molecule has 2 saturated carbocycles. The summed E-state index contributed by atoms with van der Waals surface area (Å²) in [5.74, 6) is 4.06. The number of anilines is 2. The van der Waals surface area contributed by atoms with Gasteiger partial charge in [-0.3, -0.25) is 0 Å². The van der Waals surface area contributed by atoms with E-state index >= 15 is 0 Å². The van der Waals surface area contributed by atoms with E-state index in [2.05, 4.69) is 16.4 Å². The highest BCUT2D eigenvalue weighted by molar-refractivity contribution is 6.42. The number of hydrogen-bond acceptors (Lipinski definition) is 3. The van der Waals surface area contributed by atoms with Crippen LogP contribution in [-0.2, 0) is 0 Å². The number of benzene rings is 2. The van der Waals surface area contributed by atoms with Crippen LogP contribution in [0, 0.1) is 11.8 Å². The summed E-state index contributed by atoms with van der Waals surface area (Å²) < 4.78 is 0. The van der Waals surface area contributed by atoms with Crippen molar-refractivity contribution in [2.24, 2.45) is 11.8 Å². The zero-order valence-corrected chi connectivity index (χ0v) is 17.3. The van der Waals surface area contributed by atoms with Crippen LogP contribution in [0.2, 0.25) is 10.0 Å². The van der Waals surface area contributed by atoms with Gasteiger partial charge in [0.15, 0.2) is 5.82 Å². The Balaban J connectivity index is 1.50. The van der Waals surface area contributed by atoms with Gasteiger partial charge in [-0.05, 0) is 55.4 Å². The van der Waals surface area contributed by atoms with Gasteiger partial charge in [-0.25, -0.2) is 9.97 Å². The molecule has 2 aromatic heterocycles. The van der Waals surface area contributed by atoms with Gasteiger partial charge in [0.1, 0.15) is 16.9 Å². The first-order valence-electron chi connectivity index (χ1n) is 10.2. The lowest BCUT2D eigenvalue weighted by Crippen LogP contribution is -2.09. The summed E-state index contributed by atoms with van der Waals surface area (Å²) in [5.41, 5.74) is 3.71. The first kappa shape index (κ1) is 17.5. The Morgan fingerprint density at radius 2 is 1.86 bits per heavy atom. The molecule has 29 heavy (non-hydrogen) atoms. The second kappa shape index (κ2) is 6.61. The van der Waals surface area contributed by atoms with Crippen molar-refractivity contribution in [1.82, 2.24) is 15.0 Å². The number of fused-ring (bicyclic) bond motifs is 5. The van der Waals surface area contributed by atoms with Gasteiger partial charge < -0.3 is 10.3 Å². The molecule has 2 fully saturated rings. The number of aromatic amines is 1. The predicted octanol–water partition coefficient (Wildman–Crippen LogP) is 7.07. The molecule has 0 spiro atoms. The van der Waals surface area contributed by atoms with E-state index < -0.39 is 0 Å². The molecule has 3 atom stereocenters. The van der Waals surface area contributed by atoms with Crippen LogP contribution < -0.4 is 5.32 Å². The van der Waals surface area contributed by atoms with Crippen LogP contribution >= 0.6 is 23.2 Å². The molecule has 0 aliphatic heterocycles. The van der Waals surface area contributed by atoms with E-state index in [1.807, 2.05) is 30.3 Å². The van der Waals surface area contributed by atoms with Crippen molar-refractivity contribution in [3.63, 3.8) is 0 Å². The van der Waals surface area contributed by atoms with E-state index in [-0.39, 0.29) is 0 Å². The summed E-state index contributed by atoms with van der Waals surface area (Å²) in [5, 5.41) is 5.55. The quantitative estimate of drug-likeness (QED) is 0.371. The SMILES string of the molecule is Clc1ccc(Nc2nc3ccccc3c3nc([C@H]4C[C@H]5CC[C@H]4C5)[nH]c23)cc1Cl. The molecule has 0 amide bonds. The van der Waals surface area contributed by atoms with Crippen LogP contribution in [0.1, 0.15) is 37.4 Å². The van der Waals surface area contributed by atoms with E-state index in [0.717, 1.165) is 51.1 Å². The molecule has 2 heterocycles. The molecule has 2 bridgehead atoms. The third-order valence-electron chi connectivity index (χ3n) is 6.62. The number of nitrogens with one attached hydrogen (secondary N) is 2. The van der Waals surface area contributed by atoms with Crippen LogP contribution in [0.3, 0.4) is 0 Å². The number of aromatic nitrogens is 3. The summed E-state index contributed by atoms with van der Waals surface area (Å²) in [7, 11) is 0. The topological polar surface area (TPSA) is 53.6 Å². The maximum Gasteiger partial charge on any atom is 0.157 e. The monoisotopic (exact) mass is 422 g/mol. The van der Waals surface area contributed by atoms with Gasteiger partial charge in [-0.2, -0.15) is 0 Å². The smallest absolute Gasteiger partial charge is 0.157 e. The summed E-state index contributed by atoms with van der Waals surface area (Å²) in [6.07, 6.45) is 5.33. The summed E-state index contributed by atoms with van der Waals surface area (Å²) >= 11 is 12.3. The van der Waals surface area contributed by atoms with E-state index in [1.54, 1.807) is 6.07 Å². The minimum absolute atomic E-state index is 0.515. The maximum atomic E-state index is 6.21. The Morgan fingerprint density at radius 3 is 2.66 bits per heavy atom. The molecule has 146 valence electrons. The molecule has 2 aliphatic rings. The van der Waals surface area contributed by atoms with Gasteiger partial charge in [0.2, 0.25) is 0 Å². The van der Waals surface area contributed by atoms with E-state index in [0.29, 0.717) is 16.0 Å². The van der Waals surface area contributed by atoms with E-state index in [1.165, 1.54) is 25.7 Å². The largest absolute Gasteiger partial charge is 0.339 e. The van der Waals surface area contributed by atoms with Crippen LogP contribution in [0.25, 0.3) is 21.9 Å². The molecule has 2 aliphatic carbocycles. The lowest BCUT2D eigenvalue weighted by molar-refractivity contribution is 0.408. The number of imidazole rings is 1. The lowest BCUT2D eigenvalue weighted by atomic mass is 9.88. The Kier molecular flexibility index (Phi) is 4.00. The van der Waals surface area contributed by atoms with E-state index in [9.17, 15) is 0 Å². The van der Waals surface area contributed by atoms with Gasteiger partial charge in [-0.15, -0.1) is 0 Å². The number of para-hydroxylation sites is 1. The van der Waals surface area contributed by atoms with Crippen molar-refractivity contribution in [2.45, 2.75) is 31.6 Å². The van der Waals surface area contributed by atoms with Crippen LogP contribution in [0.4, 0.5) is 11.5 Å². The zero-order chi connectivity index (χ0) is 19.5. The van der Waals surface area contributed by atoms with Crippen molar-refractivity contribution in [3.8, 4) is 0 Å². The van der Waals surface area contributed by atoms with Crippen molar-refractivity contribution in [2.75, 3.05) is 5.32 Å². The number of H-pyrrole nitrogens is 1. The number of rotatable bonds is 3. The van der Waals surface area contributed by atoms with Crippen LogP contribution in [0.15, 0.2) is 42.5 Å². The normalized spacial score (nSPS) is 23.3. The second-order valence-corrected chi connectivity index (χ2v) is 9.17. The first-order chi connectivity index (χ1) is 14.2. The molecule has 0 radical (unpaired) electrons. The fraction of sp³-hybridized carbons (Fsp3) is 0.304. The fourth-order valence-corrected chi connectivity index (χ4v) is 5.56. The highest BCUT2D eigenvalue weighted by Crippen LogP contribution is 2.52. The van der Waals surface area contributed by atoms with Crippen molar-refractivity contribution < 1.29 is 0 Å². The Labute approximate surface area is 178 Å². The Hall–Kier alpha value is -2.30. The average molecular weight is 423 g/mol. The number of hydrogen-bond donors (Lipinski definition) is 2. The summed E-state index contributed by atoms with van der Waals surface area (Å²) in [4.78, 5) is 13.6. The molecular weight excluding hydrogens is 403 g/mol. The molecule has 2 aromatic carbocycles. The highest BCUT2D eigenvalue weighted by atomic mass is 35.5. The lowest BCUT2D eigenvalue weighted by Gasteiger charge is -2.19. The molecule has 6 rings (SSSR count). The fourth-order valence-electron chi connectivity index (χ4n) is 5.26. The molecule has 0 saturated heterocycles. The minimum Gasteiger partial charge on any atom is -0.339 e. The molecule has 4 aromatic rings. The first-order valence-corrected chi connectivity index (χ1v) is 10.9. The van der Waals surface area contributed by atoms with Crippen molar-refractivity contribution in [3.05, 3.63) is 58.3 Å². The Bertz CT molecular complexity index is 1250. The standard InChI is InChI=1S/C23H20Cl2N4/c24-17-8-7-14(11-18(17)25)26-23-21-20(15-3-1-2-4-19(15)27-23)28-22(29-21)16-10-12-5-6-13(16)9-12/h1-4,7-8,11-13,16H,5-6,9-10H2,(H,26,27)(H,28,29)/t12-,13-,16-/m0/s1. The van der Waals surface area contributed by atoms with Crippen molar-refractivity contribution >= 4 is 56.6 Å².